The van der Waals surface area contributed by atoms with Gasteiger partial charge in [-0.2, -0.15) is 0 Å². The Morgan fingerprint density at radius 3 is 2.78 bits per heavy atom. The van der Waals surface area contributed by atoms with E-state index in [1.54, 1.807) is 0 Å². The summed E-state index contributed by atoms with van der Waals surface area (Å²) >= 11 is 0. The molecule has 1 aromatic heterocycles. The van der Waals surface area contributed by atoms with Crippen LogP contribution < -0.4 is 11.1 Å². The number of nitrogens with one attached hydrogen (secondary N) is 1. The first-order valence-corrected chi connectivity index (χ1v) is 12.8. The van der Waals surface area contributed by atoms with E-state index in [1.165, 1.54) is 33.2 Å². The monoisotopic (exact) mass is 469 g/mol. The van der Waals surface area contributed by atoms with E-state index >= 15 is 0 Å². The van der Waals surface area contributed by atoms with Crippen molar-refractivity contribution >= 4 is 44.6 Å². The van der Waals surface area contributed by atoms with Gasteiger partial charge < -0.3 is 11.1 Å². The Hall–Kier alpha value is -4.02. The molecule has 0 bridgehead atoms. The van der Waals surface area contributed by atoms with Gasteiger partial charge in [0, 0.05) is 35.3 Å². The predicted octanol–water partition coefficient (Wildman–Crippen LogP) is 5.88. The molecule has 0 fully saturated rings. The first-order chi connectivity index (χ1) is 17.7. The van der Waals surface area contributed by atoms with Crippen molar-refractivity contribution in [3.05, 3.63) is 106 Å². The van der Waals surface area contributed by atoms with Crippen LogP contribution in [0.5, 0.6) is 0 Å². The standard InChI is InChI=1S/C32H27N3O/c1-2-22-23-9-4-3-6-20(23)16-25-29(32(36)34-15-14-33)26-17-21-11-10-18-7-5-8-19-12-13-24(28(21)27(18)19)31(26)35-30(22)25/h3-10,12-13,16-17,27H,2,11,14-15,33H2,1H3,(H,34,36). The second-order valence-electron chi connectivity index (χ2n) is 9.82. The summed E-state index contributed by atoms with van der Waals surface area (Å²) in [7, 11) is 0. The van der Waals surface area contributed by atoms with Crippen LogP contribution in [0.25, 0.3) is 38.7 Å². The Balaban J connectivity index is 1.64. The van der Waals surface area contributed by atoms with Crippen LogP contribution in [-0.4, -0.2) is 24.0 Å². The quantitative estimate of drug-likeness (QED) is 0.367. The summed E-state index contributed by atoms with van der Waals surface area (Å²) in [6, 6.07) is 12.8. The van der Waals surface area contributed by atoms with Gasteiger partial charge in [0.05, 0.1) is 16.6 Å². The summed E-state index contributed by atoms with van der Waals surface area (Å²) in [6.07, 6.45) is 15.0. The number of carbonyl (C=O) groups excluding carboxylic acids is 1. The average molecular weight is 470 g/mol. The molecule has 1 amide bonds. The first-order valence-electron chi connectivity index (χ1n) is 12.8. The third-order valence-corrected chi connectivity index (χ3v) is 7.90. The Kier molecular flexibility index (Phi) is 4.73. The van der Waals surface area contributed by atoms with E-state index in [0.29, 0.717) is 18.7 Å². The van der Waals surface area contributed by atoms with E-state index in [0.717, 1.165) is 45.6 Å². The molecule has 36 heavy (non-hydrogen) atoms. The molecule has 3 aromatic carbocycles. The van der Waals surface area contributed by atoms with Gasteiger partial charge in [-0.05, 0) is 63.6 Å². The van der Waals surface area contributed by atoms with Gasteiger partial charge in [0.25, 0.3) is 5.91 Å². The SMILES string of the molecule is CCc1c2ccccc2cc2c(C(=O)NCCN)c3cc4c5c(c3nc12)C=CC1=CC=CC(=CC4)C15. The van der Waals surface area contributed by atoms with E-state index in [-0.39, 0.29) is 11.8 Å². The molecule has 0 saturated carbocycles. The van der Waals surface area contributed by atoms with E-state index < -0.39 is 0 Å². The molecule has 1 atom stereocenters. The Morgan fingerprint density at radius 1 is 1.06 bits per heavy atom. The van der Waals surface area contributed by atoms with Crippen molar-refractivity contribution in [2.75, 3.05) is 13.1 Å². The highest BCUT2D eigenvalue weighted by atomic mass is 16.1. The lowest BCUT2D eigenvalue weighted by molar-refractivity contribution is 0.0958. The van der Waals surface area contributed by atoms with E-state index in [4.69, 9.17) is 10.7 Å². The van der Waals surface area contributed by atoms with Crippen LogP contribution in [0.15, 0.2) is 77.9 Å². The number of fused-ring (bicyclic) bond motifs is 4. The van der Waals surface area contributed by atoms with Crippen molar-refractivity contribution in [2.24, 2.45) is 5.73 Å². The number of benzene rings is 3. The molecule has 4 aromatic rings. The van der Waals surface area contributed by atoms with Gasteiger partial charge in [0.15, 0.2) is 0 Å². The molecule has 176 valence electrons. The van der Waals surface area contributed by atoms with E-state index in [2.05, 4.69) is 85.1 Å². The molecule has 0 radical (unpaired) electrons. The molecule has 1 heterocycles. The number of amides is 1. The van der Waals surface area contributed by atoms with Crippen molar-refractivity contribution in [3.63, 3.8) is 0 Å². The number of hydrogen-bond donors (Lipinski definition) is 2. The maximum absolute atomic E-state index is 13.7. The summed E-state index contributed by atoms with van der Waals surface area (Å²) in [6.45, 7) is 3.00. The highest BCUT2D eigenvalue weighted by Crippen LogP contribution is 2.48. The van der Waals surface area contributed by atoms with Crippen LogP contribution in [0, 0.1) is 0 Å². The smallest absolute Gasteiger partial charge is 0.252 e. The Labute approximate surface area is 209 Å². The highest BCUT2D eigenvalue weighted by Gasteiger charge is 2.33. The molecule has 0 saturated heterocycles. The summed E-state index contributed by atoms with van der Waals surface area (Å²) in [5.74, 6) is 0.160. The fourth-order valence-electron chi connectivity index (χ4n) is 6.35. The minimum Gasteiger partial charge on any atom is -0.351 e. The van der Waals surface area contributed by atoms with Gasteiger partial charge in [0.1, 0.15) is 0 Å². The van der Waals surface area contributed by atoms with Crippen molar-refractivity contribution in [1.82, 2.24) is 10.3 Å². The molecular weight excluding hydrogens is 442 g/mol. The number of aryl methyl sites for hydroxylation is 1. The molecule has 4 heteroatoms. The Morgan fingerprint density at radius 2 is 1.92 bits per heavy atom. The molecule has 0 aliphatic heterocycles. The Bertz CT molecular complexity index is 1750. The van der Waals surface area contributed by atoms with Crippen LogP contribution in [-0.2, 0) is 12.8 Å². The number of hydrogen-bond acceptors (Lipinski definition) is 3. The normalized spacial score (nSPS) is 17.3. The van der Waals surface area contributed by atoms with E-state index in [1.807, 2.05) is 0 Å². The molecule has 4 nitrogen and oxygen atoms in total. The van der Waals surface area contributed by atoms with Crippen molar-refractivity contribution in [2.45, 2.75) is 25.7 Å². The molecule has 1 unspecified atom stereocenters. The average Bonchev–Trinajstić information content (AvgIpc) is 2.92. The minimum atomic E-state index is -0.0876. The number of pyridine rings is 1. The predicted molar refractivity (Wildman–Crippen MR) is 148 cm³/mol. The van der Waals surface area contributed by atoms with Gasteiger partial charge in [-0.15, -0.1) is 0 Å². The fourth-order valence-corrected chi connectivity index (χ4v) is 6.35. The zero-order valence-electron chi connectivity index (χ0n) is 20.3. The van der Waals surface area contributed by atoms with Gasteiger partial charge in [-0.1, -0.05) is 67.6 Å². The van der Waals surface area contributed by atoms with Crippen molar-refractivity contribution in [3.8, 4) is 0 Å². The molecule has 3 aliphatic carbocycles. The third kappa shape index (κ3) is 2.91. The second-order valence-corrected chi connectivity index (χ2v) is 9.82. The molecular formula is C32H27N3O. The van der Waals surface area contributed by atoms with Crippen LogP contribution in [0.1, 0.15) is 45.5 Å². The zero-order chi connectivity index (χ0) is 24.4. The third-order valence-electron chi connectivity index (χ3n) is 7.90. The van der Waals surface area contributed by atoms with Gasteiger partial charge in [-0.3, -0.25) is 4.79 Å². The molecule has 0 spiro atoms. The summed E-state index contributed by atoms with van der Waals surface area (Å²) in [5, 5.41) is 7.21. The summed E-state index contributed by atoms with van der Waals surface area (Å²) < 4.78 is 0. The van der Waals surface area contributed by atoms with Crippen molar-refractivity contribution in [1.29, 1.82) is 0 Å². The summed E-state index contributed by atoms with van der Waals surface area (Å²) in [5.41, 5.74) is 15.9. The fraction of sp³-hybridized carbons (Fsp3) is 0.188. The maximum Gasteiger partial charge on any atom is 0.252 e. The van der Waals surface area contributed by atoms with Crippen LogP contribution >= 0.6 is 0 Å². The minimum absolute atomic E-state index is 0.0876. The van der Waals surface area contributed by atoms with Crippen molar-refractivity contribution < 1.29 is 4.79 Å². The number of carbonyl (C=O) groups is 1. The largest absolute Gasteiger partial charge is 0.351 e. The maximum atomic E-state index is 13.7. The summed E-state index contributed by atoms with van der Waals surface area (Å²) in [4.78, 5) is 19.1. The van der Waals surface area contributed by atoms with E-state index in [9.17, 15) is 4.79 Å². The molecule has 3 N–H and O–H groups in total. The highest BCUT2D eigenvalue weighted by molar-refractivity contribution is 6.20. The number of nitrogens with two attached hydrogens (primary N) is 1. The van der Waals surface area contributed by atoms with Gasteiger partial charge >= 0.3 is 0 Å². The van der Waals surface area contributed by atoms with Crippen LogP contribution in [0.2, 0.25) is 0 Å². The lowest BCUT2D eigenvalue weighted by Crippen LogP contribution is -2.29. The zero-order valence-corrected chi connectivity index (χ0v) is 20.3. The van der Waals surface area contributed by atoms with Gasteiger partial charge in [-0.25, -0.2) is 4.98 Å². The number of nitrogens with zero attached hydrogens (tertiary/aromatic N) is 1. The first kappa shape index (κ1) is 21.3. The second kappa shape index (κ2) is 8.00. The lowest BCUT2D eigenvalue weighted by Gasteiger charge is -2.33. The van der Waals surface area contributed by atoms with Gasteiger partial charge in [0.2, 0.25) is 0 Å². The molecule has 7 rings (SSSR count). The number of allylic oxidation sites excluding steroid dienone is 7. The molecule has 3 aliphatic rings. The van der Waals surface area contributed by atoms with Crippen LogP contribution in [0.4, 0.5) is 0 Å². The number of rotatable bonds is 4. The topological polar surface area (TPSA) is 68.0 Å². The number of aromatic nitrogens is 1. The lowest BCUT2D eigenvalue weighted by atomic mass is 9.70. The van der Waals surface area contributed by atoms with Crippen LogP contribution in [0.3, 0.4) is 0 Å².